The summed E-state index contributed by atoms with van der Waals surface area (Å²) in [5.74, 6) is 1.13. The summed E-state index contributed by atoms with van der Waals surface area (Å²) < 4.78 is 5.23. The molecule has 29 heavy (non-hydrogen) atoms. The standard InChI is InChI=1S/C23H37N3O3/c1-5-25(19(2)17-20-8-10-22(29-4)11-9-20)14-6-7-23(28)26-15-12-21(13-16-26)24(3)18-27/h8-11,18-19,21H,5-7,12-17H2,1-4H3. The third-order valence-electron chi connectivity index (χ3n) is 6.12. The number of ether oxygens (including phenoxy) is 1. The summed E-state index contributed by atoms with van der Waals surface area (Å²) in [4.78, 5) is 29.6. The number of carbonyl (C=O) groups excluding carboxylic acids is 2. The van der Waals surface area contributed by atoms with E-state index in [2.05, 4.69) is 30.9 Å². The smallest absolute Gasteiger partial charge is 0.222 e. The minimum absolute atomic E-state index is 0.246. The third-order valence-corrected chi connectivity index (χ3v) is 6.12. The summed E-state index contributed by atoms with van der Waals surface area (Å²) in [6, 6.07) is 8.96. The highest BCUT2D eigenvalue weighted by Gasteiger charge is 2.24. The molecule has 2 amide bonds. The van der Waals surface area contributed by atoms with Crippen molar-refractivity contribution < 1.29 is 14.3 Å². The van der Waals surface area contributed by atoms with Gasteiger partial charge < -0.3 is 19.4 Å². The second-order valence-electron chi connectivity index (χ2n) is 8.02. The molecule has 0 saturated carbocycles. The van der Waals surface area contributed by atoms with Gasteiger partial charge in [0.1, 0.15) is 5.75 Å². The van der Waals surface area contributed by atoms with Crippen molar-refractivity contribution >= 4 is 12.3 Å². The average Bonchev–Trinajstić information content (AvgIpc) is 2.76. The number of methoxy groups -OCH3 is 1. The third kappa shape index (κ3) is 7.03. The number of hydrogen-bond acceptors (Lipinski definition) is 4. The van der Waals surface area contributed by atoms with Gasteiger partial charge in [0.15, 0.2) is 0 Å². The number of benzene rings is 1. The Morgan fingerprint density at radius 2 is 1.93 bits per heavy atom. The van der Waals surface area contributed by atoms with Crippen LogP contribution in [0.25, 0.3) is 0 Å². The molecule has 1 aromatic carbocycles. The van der Waals surface area contributed by atoms with Gasteiger partial charge in [-0.25, -0.2) is 0 Å². The van der Waals surface area contributed by atoms with Gasteiger partial charge in [-0.2, -0.15) is 0 Å². The maximum absolute atomic E-state index is 12.5. The Labute approximate surface area is 175 Å². The summed E-state index contributed by atoms with van der Waals surface area (Å²) >= 11 is 0. The van der Waals surface area contributed by atoms with Crippen molar-refractivity contribution in [2.24, 2.45) is 0 Å². The van der Waals surface area contributed by atoms with E-state index >= 15 is 0 Å². The molecule has 1 aromatic rings. The molecule has 1 unspecified atom stereocenters. The SMILES string of the molecule is CCN(CCCC(=O)N1CCC(N(C)C=O)CC1)C(C)Cc1ccc(OC)cc1. The van der Waals surface area contributed by atoms with Crippen LogP contribution in [0.2, 0.25) is 0 Å². The molecular formula is C23H37N3O3. The number of carbonyl (C=O) groups is 2. The normalized spacial score (nSPS) is 16.0. The topological polar surface area (TPSA) is 53.1 Å². The zero-order valence-corrected chi connectivity index (χ0v) is 18.5. The number of nitrogens with zero attached hydrogens (tertiary/aromatic N) is 3. The number of likely N-dealkylation sites (tertiary alicyclic amines) is 1. The van der Waals surface area contributed by atoms with Gasteiger partial charge in [0, 0.05) is 38.6 Å². The van der Waals surface area contributed by atoms with Gasteiger partial charge in [0.25, 0.3) is 0 Å². The maximum atomic E-state index is 12.5. The maximum Gasteiger partial charge on any atom is 0.222 e. The fourth-order valence-corrected chi connectivity index (χ4v) is 4.12. The van der Waals surface area contributed by atoms with Crippen molar-refractivity contribution in [2.75, 3.05) is 40.3 Å². The minimum atomic E-state index is 0.246. The van der Waals surface area contributed by atoms with Gasteiger partial charge in [-0.1, -0.05) is 19.1 Å². The molecule has 162 valence electrons. The molecule has 0 aromatic heterocycles. The van der Waals surface area contributed by atoms with Gasteiger partial charge >= 0.3 is 0 Å². The van der Waals surface area contributed by atoms with Crippen molar-refractivity contribution in [3.8, 4) is 5.75 Å². The lowest BCUT2D eigenvalue weighted by molar-refractivity contribution is -0.133. The molecule has 0 bridgehead atoms. The van der Waals surface area contributed by atoms with Crippen molar-refractivity contribution in [1.82, 2.24) is 14.7 Å². The molecule has 6 heteroatoms. The van der Waals surface area contributed by atoms with E-state index < -0.39 is 0 Å². The molecule has 1 aliphatic rings. The Bertz CT molecular complexity index is 627. The van der Waals surface area contributed by atoms with Crippen LogP contribution in [0, 0.1) is 0 Å². The molecule has 6 nitrogen and oxygen atoms in total. The van der Waals surface area contributed by atoms with Gasteiger partial charge in [-0.15, -0.1) is 0 Å². The van der Waals surface area contributed by atoms with E-state index in [1.807, 2.05) is 24.1 Å². The molecule has 1 aliphatic heterocycles. The van der Waals surface area contributed by atoms with Crippen LogP contribution in [0.3, 0.4) is 0 Å². The molecule has 0 aliphatic carbocycles. The van der Waals surface area contributed by atoms with Crippen LogP contribution in [0.4, 0.5) is 0 Å². The lowest BCUT2D eigenvalue weighted by Crippen LogP contribution is -2.45. The number of piperidine rings is 1. The van der Waals surface area contributed by atoms with Crippen LogP contribution in [-0.2, 0) is 16.0 Å². The van der Waals surface area contributed by atoms with Crippen LogP contribution >= 0.6 is 0 Å². The van der Waals surface area contributed by atoms with Gasteiger partial charge in [-0.3, -0.25) is 9.59 Å². The Hall–Kier alpha value is -2.08. The quantitative estimate of drug-likeness (QED) is 0.533. The summed E-state index contributed by atoms with van der Waals surface area (Å²) in [6.45, 7) is 7.86. The van der Waals surface area contributed by atoms with Crippen LogP contribution in [-0.4, -0.2) is 79.4 Å². The largest absolute Gasteiger partial charge is 0.497 e. The highest BCUT2D eigenvalue weighted by atomic mass is 16.5. The first-order chi connectivity index (χ1) is 14.0. The first-order valence-corrected chi connectivity index (χ1v) is 10.8. The molecule has 0 N–H and O–H groups in total. The van der Waals surface area contributed by atoms with Crippen LogP contribution in [0.15, 0.2) is 24.3 Å². The number of hydrogen-bond donors (Lipinski definition) is 0. The number of likely N-dealkylation sites (N-methyl/N-ethyl adjacent to an activating group) is 1. The second kappa shape index (κ2) is 11.8. The molecule has 2 rings (SSSR count). The van der Waals surface area contributed by atoms with E-state index in [1.54, 1.807) is 12.0 Å². The molecule has 1 saturated heterocycles. The molecule has 1 fully saturated rings. The van der Waals surface area contributed by atoms with Crippen LogP contribution in [0.5, 0.6) is 5.75 Å². The van der Waals surface area contributed by atoms with E-state index in [1.165, 1.54) is 5.56 Å². The summed E-state index contributed by atoms with van der Waals surface area (Å²) in [7, 11) is 3.51. The summed E-state index contributed by atoms with van der Waals surface area (Å²) in [5.41, 5.74) is 1.30. The Kier molecular flexibility index (Phi) is 9.45. The average molecular weight is 404 g/mol. The van der Waals surface area contributed by atoms with Crippen LogP contribution < -0.4 is 4.74 Å². The first kappa shape index (κ1) is 23.2. The molecule has 0 radical (unpaired) electrons. The number of rotatable bonds is 11. The monoisotopic (exact) mass is 403 g/mol. The van der Waals surface area contributed by atoms with Crippen LogP contribution in [0.1, 0.15) is 45.1 Å². The van der Waals surface area contributed by atoms with Crippen molar-refractivity contribution in [2.45, 2.75) is 58.0 Å². The Balaban J connectivity index is 1.72. The Morgan fingerprint density at radius 3 is 2.48 bits per heavy atom. The molecule has 0 spiro atoms. The van der Waals surface area contributed by atoms with E-state index in [0.717, 1.165) is 64.0 Å². The lowest BCUT2D eigenvalue weighted by atomic mass is 10.0. The highest BCUT2D eigenvalue weighted by Crippen LogP contribution is 2.17. The summed E-state index contributed by atoms with van der Waals surface area (Å²) in [5, 5.41) is 0. The minimum Gasteiger partial charge on any atom is -0.497 e. The Morgan fingerprint density at radius 1 is 1.28 bits per heavy atom. The van der Waals surface area contributed by atoms with Crippen molar-refractivity contribution in [1.29, 1.82) is 0 Å². The first-order valence-electron chi connectivity index (χ1n) is 10.8. The van der Waals surface area contributed by atoms with E-state index in [0.29, 0.717) is 12.5 Å². The lowest BCUT2D eigenvalue weighted by Gasteiger charge is -2.35. The van der Waals surface area contributed by atoms with Gasteiger partial charge in [-0.05, 0) is 63.4 Å². The molecular weight excluding hydrogens is 366 g/mol. The highest BCUT2D eigenvalue weighted by molar-refractivity contribution is 5.76. The molecule has 1 atom stereocenters. The van der Waals surface area contributed by atoms with E-state index in [4.69, 9.17) is 4.74 Å². The van der Waals surface area contributed by atoms with Gasteiger partial charge in [0.2, 0.25) is 12.3 Å². The predicted octanol–water partition coefficient (Wildman–Crippen LogP) is 2.81. The van der Waals surface area contributed by atoms with E-state index in [-0.39, 0.29) is 11.9 Å². The number of amides is 2. The fourth-order valence-electron chi connectivity index (χ4n) is 4.12. The van der Waals surface area contributed by atoms with Gasteiger partial charge in [0.05, 0.1) is 7.11 Å². The summed E-state index contributed by atoms with van der Waals surface area (Å²) in [6.07, 6.45) is 5.10. The zero-order valence-electron chi connectivity index (χ0n) is 18.5. The van der Waals surface area contributed by atoms with Crippen molar-refractivity contribution in [3.63, 3.8) is 0 Å². The zero-order chi connectivity index (χ0) is 21.2. The van der Waals surface area contributed by atoms with E-state index in [9.17, 15) is 9.59 Å². The molecule has 1 heterocycles. The second-order valence-corrected chi connectivity index (χ2v) is 8.02. The predicted molar refractivity (Wildman–Crippen MR) is 116 cm³/mol. The van der Waals surface area contributed by atoms with Crippen molar-refractivity contribution in [3.05, 3.63) is 29.8 Å². The fraction of sp³-hybridized carbons (Fsp3) is 0.652.